The number of aliphatic hydroxyl groups is 1. The fourth-order valence-electron chi connectivity index (χ4n) is 1.69. The van der Waals surface area contributed by atoms with Crippen molar-refractivity contribution in [2.24, 2.45) is 0 Å². The number of aliphatic hydroxyl groups excluding tert-OH is 1. The Hall–Kier alpha value is -1.46. The molecular formula is C11H11ClO5. The summed E-state index contributed by atoms with van der Waals surface area (Å²) < 4.78 is 10.7. The molecule has 6 heteroatoms. The largest absolute Gasteiger partial charge is 0.486 e. The van der Waals surface area contributed by atoms with Crippen LogP contribution in [-0.2, 0) is 4.79 Å². The average molecular weight is 259 g/mol. The zero-order chi connectivity index (χ0) is 12.6. The van der Waals surface area contributed by atoms with Crippen LogP contribution in [0.4, 0.5) is 0 Å². The van der Waals surface area contributed by atoms with Crippen molar-refractivity contribution in [3.05, 3.63) is 22.2 Å². The lowest BCUT2D eigenvalue weighted by atomic mass is 10.0. The van der Waals surface area contributed by atoms with Crippen LogP contribution in [0.15, 0.2) is 6.07 Å². The number of aliphatic carboxylic acids is 1. The summed E-state index contributed by atoms with van der Waals surface area (Å²) in [5.74, 6) is -0.445. The first-order chi connectivity index (χ1) is 8.02. The highest BCUT2D eigenvalue weighted by Gasteiger charge is 2.26. The van der Waals surface area contributed by atoms with Gasteiger partial charge in [-0.05, 0) is 13.0 Å². The molecule has 0 radical (unpaired) electrons. The van der Waals surface area contributed by atoms with Gasteiger partial charge in [0.2, 0.25) is 0 Å². The van der Waals surface area contributed by atoms with E-state index >= 15 is 0 Å². The molecule has 17 heavy (non-hydrogen) atoms. The van der Waals surface area contributed by atoms with Crippen molar-refractivity contribution in [1.82, 2.24) is 0 Å². The maximum atomic E-state index is 10.8. The van der Waals surface area contributed by atoms with Crippen molar-refractivity contribution in [3.8, 4) is 11.5 Å². The molecule has 1 atom stereocenters. The van der Waals surface area contributed by atoms with E-state index in [1.165, 1.54) is 6.07 Å². The normalized spacial score (nSPS) is 15.5. The number of rotatable bonds is 2. The SMILES string of the molecule is Cc1c(Cl)c(C(O)C(=O)O)cc2c1OCCO2. The molecule has 0 aromatic heterocycles. The van der Waals surface area contributed by atoms with Gasteiger partial charge in [0.25, 0.3) is 0 Å². The van der Waals surface area contributed by atoms with E-state index in [0.29, 0.717) is 30.3 Å². The maximum absolute atomic E-state index is 10.8. The van der Waals surface area contributed by atoms with Crippen LogP contribution < -0.4 is 9.47 Å². The van der Waals surface area contributed by atoms with E-state index in [2.05, 4.69) is 0 Å². The number of halogens is 1. The summed E-state index contributed by atoms with van der Waals surface area (Å²) in [6, 6.07) is 1.41. The molecule has 0 bridgehead atoms. The number of ether oxygens (including phenoxy) is 2. The van der Waals surface area contributed by atoms with Crippen LogP contribution >= 0.6 is 11.6 Å². The van der Waals surface area contributed by atoms with Gasteiger partial charge < -0.3 is 19.7 Å². The third-order valence-corrected chi connectivity index (χ3v) is 3.05. The minimum absolute atomic E-state index is 0.112. The second-order valence-electron chi connectivity index (χ2n) is 3.67. The molecule has 0 amide bonds. The fraction of sp³-hybridized carbons (Fsp3) is 0.364. The Morgan fingerprint density at radius 1 is 1.47 bits per heavy atom. The van der Waals surface area contributed by atoms with Gasteiger partial charge in [0.05, 0.1) is 5.02 Å². The molecule has 0 saturated carbocycles. The smallest absolute Gasteiger partial charge is 0.337 e. The third kappa shape index (κ3) is 2.03. The minimum atomic E-state index is -1.67. The van der Waals surface area contributed by atoms with Crippen LogP contribution in [0.25, 0.3) is 0 Å². The third-order valence-electron chi connectivity index (χ3n) is 2.55. The number of fused-ring (bicyclic) bond motifs is 1. The van der Waals surface area contributed by atoms with Gasteiger partial charge in [-0.2, -0.15) is 0 Å². The number of carboxylic acid groups (broad SMARTS) is 1. The summed E-state index contributed by atoms with van der Waals surface area (Å²) in [6.07, 6.45) is -1.67. The van der Waals surface area contributed by atoms with Crippen LogP contribution in [0, 0.1) is 6.92 Å². The van der Waals surface area contributed by atoms with Gasteiger partial charge in [0.1, 0.15) is 13.2 Å². The Kier molecular flexibility index (Phi) is 3.13. The van der Waals surface area contributed by atoms with E-state index in [9.17, 15) is 9.90 Å². The molecule has 1 unspecified atom stereocenters. The summed E-state index contributed by atoms with van der Waals surface area (Å²) in [4.78, 5) is 10.8. The summed E-state index contributed by atoms with van der Waals surface area (Å²) in [5, 5.41) is 18.5. The van der Waals surface area contributed by atoms with Crippen molar-refractivity contribution in [3.63, 3.8) is 0 Å². The number of carboxylic acids is 1. The highest BCUT2D eigenvalue weighted by Crippen LogP contribution is 2.41. The standard InChI is InChI=1S/C11H11ClO5/c1-5-8(12)6(9(13)11(14)15)4-7-10(5)17-3-2-16-7/h4,9,13H,2-3H2,1H3,(H,14,15). The Bertz CT molecular complexity index is 471. The van der Waals surface area contributed by atoms with Crippen LogP contribution in [0.5, 0.6) is 11.5 Å². The molecule has 0 spiro atoms. The van der Waals surface area contributed by atoms with E-state index in [1.807, 2.05) is 0 Å². The fourth-order valence-corrected chi connectivity index (χ4v) is 1.93. The molecule has 0 fully saturated rings. The Morgan fingerprint density at radius 3 is 2.76 bits per heavy atom. The molecule has 5 nitrogen and oxygen atoms in total. The molecule has 1 heterocycles. The van der Waals surface area contributed by atoms with Gasteiger partial charge in [0.15, 0.2) is 17.6 Å². The lowest BCUT2D eigenvalue weighted by Crippen LogP contribution is -2.18. The molecule has 1 aliphatic rings. The van der Waals surface area contributed by atoms with Crippen LogP contribution in [0.2, 0.25) is 5.02 Å². The Morgan fingerprint density at radius 2 is 2.12 bits per heavy atom. The Balaban J connectivity index is 2.55. The first kappa shape index (κ1) is 12.0. The van der Waals surface area contributed by atoms with E-state index < -0.39 is 12.1 Å². The number of hydrogen-bond acceptors (Lipinski definition) is 4. The number of benzene rings is 1. The molecule has 1 aromatic rings. The molecular weight excluding hydrogens is 248 g/mol. The molecule has 2 N–H and O–H groups in total. The summed E-state index contributed by atoms with van der Waals surface area (Å²) in [6.45, 7) is 2.50. The Labute approximate surface area is 103 Å². The van der Waals surface area contributed by atoms with Gasteiger partial charge in [-0.15, -0.1) is 0 Å². The molecule has 0 saturated heterocycles. The van der Waals surface area contributed by atoms with E-state index in [0.717, 1.165) is 0 Å². The molecule has 92 valence electrons. The monoisotopic (exact) mass is 258 g/mol. The van der Waals surface area contributed by atoms with Crippen molar-refractivity contribution < 1.29 is 24.5 Å². The number of hydrogen-bond donors (Lipinski definition) is 2. The topological polar surface area (TPSA) is 76.0 Å². The van der Waals surface area contributed by atoms with Gasteiger partial charge in [-0.25, -0.2) is 4.79 Å². The predicted octanol–water partition coefficient (Wildman–Crippen LogP) is 1.54. The predicted molar refractivity (Wildman–Crippen MR) is 59.8 cm³/mol. The zero-order valence-corrected chi connectivity index (χ0v) is 9.82. The molecule has 2 rings (SSSR count). The van der Waals surface area contributed by atoms with Gasteiger partial charge in [-0.1, -0.05) is 11.6 Å². The summed E-state index contributed by atoms with van der Waals surface area (Å²) in [7, 11) is 0. The van der Waals surface area contributed by atoms with Crippen LogP contribution in [0.3, 0.4) is 0 Å². The first-order valence-electron chi connectivity index (χ1n) is 5.02. The van der Waals surface area contributed by atoms with Crippen molar-refractivity contribution in [2.45, 2.75) is 13.0 Å². The number of carbonyl (C=O) groups is 1. The zero-order valence-electron chi connectivity index (χ0n) is 9.07. The van der Waals surface area contributed by atoms with Gasteiger partial charge >= 0.3 is 5.97 Å². The molecule has 1 aromatic carbocycles. The lowest BCUT2D eigenvalue weighted by Gasteiger charge is -2.23. The first-order valence-corrected chi connectivity index (χ1v) is 5.39. The lowest BCUT2D eigenvalue weighted by molar-refractivity contribution is -0.146. The van der Waals surface area contributed by atoms with Crippen molar-refractivity contribution >= 4 is 17.6 Å². The van der Waals surface area contributed by atoms with Crippen molar-refractivity contribution in [2.75, 3.05) is 13.2 Å². The quantitative estimate of drug-likeness (QED) is 0.841. The van der Waals surface area contributed by atoms with Gasteiger partial charge in [-0.3, -0.25) is 0 Å². The second kappa shape index (κ2) is 4.43. The molecule has 1 aliphatic heterocycles. The minimum Gasteiger partial charge on any atom is -0.486 e. The maximum Gasteiger partial charge on any atom is 0.337 e. The summed E-state index contributed by atoms with van der Waals surface area (Å²) in [5.41, 5.74) is 0.681. The molecule has 0 aliphatic carbocycles. The van der Waals surface area contributed by atoms with Crippen LogP contribution in [-0.4, -0.2) is 29.4 Å². The van der Waals surface area contributed by atoms with E-state index in [1.54, 1.807) is 6.92 Å². The van der Waals surface area contributed by atoms with Gasteiger partial charge in [0, 0.05) is 11.1 Å². The highest BCUT2D eigenvalue weighted by molar-refractivity contribution is 6.32. The summed E-state index contributed by atoms with van der Waals surface area (Å²) >= 11 is 6.01. The highest BCUT2D eigenvalue weighted by atomic mass is 35.5. The second-order valence-corrected chi connectivity index (χ2v) is 4.05. The van der Waals surface area contributed by atoms with E-state index in [4.69, 9.17) is 26.2 Å². The van der Waals surface area contributed by atoms with E-state index in [-0.39, 0.29) is 10.6 Å². The van der Waals surface area contributed by atoms with Crippen LogP contribution in [0.1, 0.15) is 17.2 Å². The van der Waals surface area contributed by atoms with Crippen molar-refractivity contribution in [1.29, 1.82) is 0 Å². The average Bonchev–Trinajstić information content (AvgIpc) is 2.33.